The fourth-order valence-electron chi connectivity index (χ4n) is 2.57. The molecular formula is C20H20OSSe. The summed E-state index contributed by atoms with van der Waals surface area (Å²) >= 11 is 1.67. The van der Waals surface area contributed by atoms with E-state index in [4.69, 9.17) is 0 Å². The van der Waals surface area contributed by atoms with Crippen LogP contribution in [0, 0.1) is 13.8 Å². The van der Waals surface area contributed by atoms with Crippen molar-refractivity contribution >= 4 is 35.9 Å². The van der Waals surface area contributed by atoms with Gasteiger partial charge < -0.3 is 0 Å². The summed E-state index contributed by atoms with van der Waals surface area (Å²) in [6.45, 7) is 4.18. The molecule has 0 amide bonds. The second kappa shape index (κ2) is 7.53. The van der Waals surface area contributed by atoms with Gasteiger partial charge in [0.15, 0.2) is 0 Å². The maximum absolute atomic E-state index is 12.7. The van der Waals surface area contributed by atoms with Gasteiger partial charge in [0, 0.05) is 0 Å². The zero-order valence-corrected chi connectivity index (χ0v) is 16.0. The van der Waals surface area contributed by atoms with Gasteiger partial charge in [-0.2, -0.15) is 0 Å². The quantitative estimate of drug-likeness (QED) is 0.708. The standard InChI is InChI=1S/C20H20OSSe/c1-14-6-10-16(11-7-14)22-19-5-3-4-18(19)20(21)23-17-12-8-15(2)9-13-17/h6-13H,3-5H2,1-2H3. The molecule has 0 fully saturated rings. The summed E-state index contributed by atoms with van der Waals surface area (Å²) in [7, 11) is 0. The van der Waals surface area contributed by atoms with Gasteiger partial charge in [-0.05, 0) is 0 Å². The average Bonchev–Trinajstić information content (AvgIpc) is 3.00. The van der Waals surface area contributed by atoms with E-state index in [0.29, 0.717) is 4.68 Å². The van der Waals surface area contributed by atoms with E-state index in [1.54, 1.807) is 11.8 Å². The molecule has 0 N–H and O–H groups in total. The van der Waals surface area contributed by atoms with Crippen molar-refractivity contribution in [1.82, 2.24) is 0 Å². The Hall–Kier alpha value is -1.28. The molecule has 2 aromatic carbocycles. The van der Waals surface area contributed by atoms with Crippen molar-refractivity contribution in [2.75, 3.05) is 0 Å². The molecule has 2 aromatic rings. The molecule has 3 heteroatoms. The number of hydrogen-bond donors (Lipinski definition) is 0. The molecule has 118 valence electrons. The Bertz CT molecular complexity index is 729. The Morgan fingerprint density at radius 3 is 2.17 bits per heavy atom. The monoisotopic (exact) mass is 388 g/mol. The Balaban J connectivity index is 1.74. The molecule has 0 unspecified atom stereocenters. The van der Waals surface area contributed by atoms with Crippen LogP contribution in [0.15, 0.2) is 63.9 Å². The van der Waals surface area contributed by atoms with Gasteiger partial charge in [0.05, 0.1) is 0 Å². The molecule has 1 aliphatic carbocycles. The van der Waals surface area contributed by atoms with Gasteiger partial charge in [-0.1, -0.05) is 0 Å². The molecule has 1 nitrogen and oxygen atoms in total. The van der Waals surface area contributed by atoms with Gasteiger partial charge in [-0.25, -0.2) is 0 Å². The van der Waals surface area contributed by atoms with Gasteiger partial charge >= 0.3 is 149 Å². The van der Waals surface area contributed by atoms with E-state index >= 15 is 0 Å². The average molecular weight is 387 g/mol. The first-order valence-electron chi connectivity index (χ1n) is 7.87. The summed E-state index contributed by atoms with van der Waals surface area (Å²) in [6.07, 6.45) is 3.10. The first-order valence-corrected chi connectivity index (χ1v) is 10.4. The van der Waals surface area contributed by atoms with E-state index < -0.39 is 0 Å². The van der Waals surface area contributed by atoms with Crippen LogP contribution < -0.4 is 4.46 Å². The summed E-state index contributed by atoms with van der Waals surface area (Å²) < 4.78 is 1.53. The van der Waals surface area contributed by atoms with Crippen molar-refractivity contribution < 1.29 is 4.79 Å². The van der Waals surface area contributed by atoms with E-state index in [2.05, 4.69) is 62.4 Å². The van der Waals surface area contributed by atoms with Crippen LogP contribution in [-0.2, 0) is 4.79 Å². The molecule has 0 heterocycles. The van der Waals surface area contributed by atoms with Crippen LogP contribution in [0.3, 0.4) is 0 Å². The van der Waals surface area contributed by atoms with Crippen LogP contribution in [-0.4, -0.2) is 19.6 Å². The first-order chi connectivity index (χ1) is 11.1. The Kier molecular flexibility index (Phi) is 5.42. The number of carbonyl (C=O) groups excluding carboxylic acids is 1. The van der Waals surface area contributed by atoms with Crippen molar-refractivity contribution in [1.29, 1.82) is 0 Å². The molecule has 0 aliphatic heterocycles. The van der Waals surface area contributed by atoms with E-state index in [0.717, 1.165) is 24.8 Å². The second-order valence-electron chi connectivity index (χ2n) is 5.87. The van der Waals surface area contributed by atoms with Gasteiger partial charge in [-0.3, -0.25) is 0 Å². The second-order valence-corrected chi connectivity index (χ2v) is 9.24. The van der Waals surface area contributed by atoms with Crippen LogP contribution in [0.25, 0.3) is 0 Å². The summed E-state index contributed by atoms with van der Waals surface area (Å²) in [5, 5.41) is 0. The third-order valence-electron chi connectivity index (χ3n) is 3.91. The van der Waals surface area contributed by atoms with Crippen molar-refractivity contribution in [3.8, 4) is 0 Å². The van der Waals surface area contributed by atoms with Crippen molar-refractivity contribution in [2.45, 2.75) is 38.0 Å². The minimum atomic E-state index is -0.105. The van der Waals surface area contributed by atoms with Crippen LogP contribution in [0.2, 0.25) is 0 Å². The fraction of sp³-hybridized carbons (Fsp3) is 0.250. The van der Waals surface area contributed by atoms with Crippen molar-refractivity contribution in [2.24, 2.45) is 0 Å². The SMILES string of the molecule is Cc1ccc(SC2=C(C(=O)[Se]c3ccc(C)cc3)CCC2)cc1. The van der Waals surface area contributed by atoms with Gasteiger partial charge in [0.25, 0.3) is 0 Å². The molecule has 0 saturated carbocycles. The molecule has 0 atom stereocenters. The van der Waals surface area contributed by atoms with Crippen LogP contribution in [0.4, 0.5) is 0 Å². The van der Waals surface area contributed by atoms with Gasteiger partial charge in [0.1, 0.15) is 0 Å². The van der Waals surface area contributed by atoms with E-state index in [1.165, 1.54) is 25.4 Å². The predicted octanol–water partition coefficient (Wildman–Crippen LogP) is 4.39. The van der Waals surface area contributed by atoms with Crippen LogP contribution >= 0.6 is 11.8 Å². The van der Waals surface area contributed by atoms with Crippen LogP contribution in [0.5, 0.6) is 0 Å². The Labute approximate surface area is 148 Å². The molecule has 23 heavy (non-hydrogen) atoms. The molecule has 0 bridgehead atoms. The molecule has 0 saturated heterocycles. The predicted molar refractivity (Wildman–Crippen MR) is 99.5 cm³/mol. The molecule has 0 spiro atoms. The third kappa shape index (κ3) is 4.38. The number of thioether (sulfide) groups is 1. The molecule has 1 aliphatic rings. The maximum atomic E-state index is 12.7. The van der Waals surface area contributed by atoms with E-state index in [1.807, 2.05) is 0 Å². The summed E-state index contributed by atoms with van der Waals surface area (Å²) in [4.78, 5) is 15.2. The number of aryl methyl sites for hydroxylation is 2. The molecular weight excluding hydrogens is 367 g/mol. The number of carbonyl (C=O) groups is 1. The summed E-state index contributed by atoms with van der Waals surface area (Å²) in [5.74, 6) is 0. The topological polar surface area (TPSA) is 17.1 Å². The zero-order chi connectivity index (χ0) is 16.2. The summed E-state index contributed by atoms with van der Waals surface area (Å²) in [6, 6.07) is 16.9. The molecule has 3 rings (SSSR count). The van der Waals surface area contributed by atoms with Gasteiger partial charge in [-0.15, -0.1) is 0 Å². The number of hydrogen-bond acceptors (Lipinski definition) is 2. The number of allylic oxidation sites excluding steroid dienone is 2. The number of benzene rings is 2. The minimum absolute atomic E-state index is 0.105. The van der Waals surface area contributed by atoms with Gasteiger partial charge in [0.2, 0.25) is 0 Å². The summed E-state index contributed by atoms with van der Waals surface area (Å²) in [5.41, 5.74) is 3.60. The third-order valence-corrected chi connectivity index (χ3v) is 7.08. The molecule has 0 radical (unpaired) electrons. The van der Waals surface area contributed by atoms with E-state index in [-0.39, 0.29) is 15.0 Å². The van der Waals surface area contributed by atoms with Crippen LogP contribution in [0.1, 0.15) is 30.4 Å². The Morgan fingerprint density at radius 1 is 0.913 bits per heavy atom. The zero-order valence-electron chi connectivity index (χ0n) is 13.5. The molecule has 0 aromatic heterocycles. The normalized spacial score (nSPS) is 14.3. The number of rotatable bonds is 5. The Morgan fingerprint density at radius 2 is 1.52 bits per heavy atom. The first kappa shape index (κ1) is 16.6. The fourth-order valence-corrected chi connectivity index (χ4v) is 5.59. The van der Waals surface area contributed by atoms with E-state index in [9.17, 15) is 4.79 Å². The van der Waals surface area contributed by atoms with Crippen molar-refractivity contribution in [3.05, 3.63) is 70.1 Å². The van der Waals surface area contributed by atoms with Crippen molar-refractivity contribution in [3.63, 3.8) is 0 Å².